The van der Waals surface area contributed by atoms with Crippen molar-refractivity contribution in [1.29, 1.82) is 0 Å². The first-order valence-electron chi connectivity index (χ1n) is 8.68. The van der Waals surface area contributed by atoms with Crippen LogP contribution in [0.5, 0.6) is 0 Å². The Labute approximate surface area is 174 Å². The lowest BCUT2D eigenvalue weighted by Crippen LogP contribution is -2.48. The first kappa shape index (κ1) is 20.9. The SMILES string of the molecule is Cc1ccc(S(=O)(=O)OC(=O)N2CC[C@@H](N)[C@H](c3ccc(Cl)c(Cl)c3)C2)cc1. The summed E-state index contributed by atoms with van der Waals surface area (Å²) in [5, 5.41) is 0.822. The molecule has 2 aromatic carbocycles. The van der Waals surface area contributed by atoms with Crippen molar-refractivity contribution in [2.45, 2.75) is 30.2 Å². The molecule has 0 bridgehead atoms. The molecule has 0 saturated carbocycles. The number of hydrogen-bond acceptors (Lipinski definition) is 5. The summed E-state index contributed by atoms with van der Waals surface area (Å²) >= 11 is 12.0. The third-order valence-corrected chi connectivity index (χ3v) is 6.74. The van der Waals surface area contributed by atoms with Crippen LogP contribution in [-0.2, 0) is 14.3 Å². The van der Waals surface area contributed by atoms with Crippen LogP contribution in [0.2, 0.25) is 10.0 Å². The molecular weight excluding hydrogens is 423 g/mol. The summed E-state index contributed by atoms with van der Waals surface area (Å²) < 4.78 is 29.6. The lowest BCUT2D eigenvalue weighted by atomic mass is 9.87. The van der Waals surface area contributed by atoms with Gasteiger partial charge in [-0.1, -0.05) is 47.0 Å². The average Bonchev–Trinajstić information content (AvgIpc) is 2.64. The van der Waals surface area contributed by atoms with Gasteiger partial charge in [-0.05, 0) is 43.2 Å². The van der Waals surface area contributed by atoms with E-state index in [1.807, 2.05) is 6.92 Å². The second kappa shape index (κ2) is 8.29. The first-order valence-corrected chi connectivity index (χ1v) is 10.8. The highest BCUT2D eigenvalue weighted by molar-refractivity contribution is 7.87. The number of nitrogens with zero attached hydrogens (tertiary/aromatic N) is 1. The van der Waals surface area contributed by atoms with Gasteiger partial charge in [0.2, 0.25) is 0 Å². The van der Waals surface area contributed by atoms with Gasteiger partial charge in [0.05, 0.1) is 10.0 Å². The Bertz CT molecular complexity index is 980. The van der Waals surface area contributed by atoms with E-state index in [0.29, 0.717) is 23.0 Å². The van der Waals surface area contributed by atoms with E-state index in [1.54, 1.807) is 30.3 Å². The number of aryl methyl sites for hydroxylation is 1. The molecule has 2 aromatic rings. The number of piperidine rings is 1. The van der Waals surface area contributed by atoms with E-state index < -0.39 is 16.2 Å². The number of hydrogen-bond donors (Lipinski definition) is 1. The standard InChI is InChI=1S/C19H20Cl2N2O4S/c1-12-2-5-14(6-3-12)28(25,26)27-19(24)23-9-8-18(22)15(11-23)13-4-7-16(20)17(21)10-13/h2-7,10,15,18H,8-9,11,22H2,1H3/t15-,18+/m0/s1. The molecule has 1 aliphatic heterocycles. The second-order valence-corrected chi connectivity index (χ2v) is 9.16. The Morgan fingerprint density at radius 3 is 2.46 bits per heavy atom. The van der Waals surface area contributed by atoms with Crippen LogP contribution in [-0.4, -0.2) is 38.5 Å². The summed E-state index contributed by atoms with van der Waals surface area (Å²) in [6.45, 7) is 2.37. The molecule has 1 fully saturated rings. The highest BCUT2D eigenvalue weighted by Gasteiger charge is 2.33. The molecule has 0 spiro atoms. The van der Waals surface area contributed by atoms with Crippen molar-refractivity contribution in [2.75, 3.05) is 13.1 Å². The van der Waals surface area contributed by atoms with E-state index in [9.17, 15) is 13.2 Å². The van der Waals surface area contributed by atoms with Crippen molar-refractivity contribution in [3.8, 4) is 0 Å². The van der Waals surface area contributed by atoms with E-state index in [2.05, 4.69) is 0 Å². The van der Waals surface area contributed by atoms with Crippen LogP contribution in [0.15, 0.2) is 47.4 Å². The lowest BCUT2D eigenvalue weighted by molar-refractivity contribution is 0.134. The zero-order chi connectivity index (χ0) is 20.5. The number of amides is 1. The quantitative estimate of drug-likeness (QED) is 0.726. The summed E-state index contributed by atoms with van der Waals surface area (Å²) in [5.41, 5.74) is 7.96. The molecule has 1 amide bonds. The number of nitrogens with two attached hydrogens (primary N) is 1. The fourth-order valence-corrected chi connectivity index (χ4v) is 4.30. The van der Waals surface area contributed by atoms with Gasteiger partial charge in [-0.3, -0.25) is 0 Å². The van der Waals surface area contributed by atoms with E-state index in [-0.39, 0.29) is 23.4 Å². The number of halogens is 2. The van der Waals surface area contributed by atoms with Crippen LogP contribution in [0.25, 0.3) is 0 Å². The van der Waals surface area contributed by atoms with Crippen LogP contribution in [0, 0.1) is 6.92 Å². The number of likely N-dealkylation sites (tertiary alicyclic amines) is 1. The molecule has 3 rings (SSSR count). The van der Waals surface area contributed by atoms with Gasteiger partial charge in [-0.25, -0.2) is 4.79 Å². The van der Waals surface area contributed by atoms with Gasteiger partial charge < -0.3 is 14.8 Å². The molecule has 1 saturated heterocycles. The lowest BCUT2D eigenvalue weighted by Gasteiger charge is -2.36. The molecule has 0 radical (unpaired) electrons. The largest absolute Gasteiger partial charge is 0.425 e. The predicted molar refractivity (Wildman–Crippen MR) is 108 cm³/mol. The maximum absolute atomic E-state index is 12.5. The normalized spacial score (nSPS) is 20.1. The monoisotopic (exact) mass is 442 g/mol. The molecule has 1 heterocycles. The van der Waals surface area contributed by atoms with Crippen LogP contribution < -0.4 is 5.73 Å². The van der Waals surface area contributed by atoms with Crippen molar-refractivity contribution in [2.24, 2.45) is 5.73 Å². The zero-order valence-corrected chi connectivity index (χ0v) is 17.5. The summed E-state index contributed by atoms with van der Waals surface area (Å²) in [4.78, 5) is 13.8. The van der Waals surface area contributed by atoms with Crippen LogP contribution >= 0.6 is 23.2 Å². The Hall–Kier alpha value is -1.80. The average molecular weight is 443 g/mol. The minimum atomic E-state index is -4.19. The van der Waals surface area contributed by atoms with Crippen LogP contribution in [0.1, 0.15) is 23.5 Å². The summed E-state index contributed by atoms with van der Waals surface area (Å²) in [6, 6.07) is 11.1. The van der Waals surface area contributed by atoms with Gasteiger partial charge >= 0.3 is 16.2 Å². The molecule has 0 aliphatic carbocycles. The molecule has 2 N–H and O–H groups in total. The highest BCUT2D eigenvalue weighted by atomic mass is 35.5. The Morgan fingerprint density at radius 2 is 1.82 bits per heavy atom. The van der Waals surface area contributed by atoms with E-state index in [0.717, 1.165) is 11.1 Å². The molecule has 150 valence electrons. The van der Waals surface area contributed by atoms with Gasteiger partial charge in [-0.2, -0.15) is 8.42 Å². The van der Waals surface area contributed by atoms with E-state index in [1.165, 1.54) is 17.0 Å². The van der Waals surface area contributed by atoms with E-state index >= 15 is 0 Å². The zero-order valence-electron chi connectivity index (χ0n) is 15.1. The third-order valence-electron chi connectivity index (χ3n) is 4.79. The summed E-state index contributed by atoms with van der Waals surface area (Å²) in [5.74, 6) is -0.210. The molecule has 0 aromatic heterocycles. The molecule has 9 heteroatoms. The smallest absolute Gasteiger partial charge is 0.327 e. The second-order valence-electron chi connectivity index (χ2n) is 6.80. The summed E-state index contributed by atoms with van der Waals surface area (Å²) in [6.07, 6.45) is -0.414. The molecule has 2 atom stereocenters. The minimum absolute atomic E-state index is 0.0683. The topological polar surface area (TPSA) is 89.7 Å². The van der Waals surface area contributed by atoms with Crippen molar-refractivity contribution >= 4 is 39.4 Å². The van der Waals surface area contributed by atoms with Gasteiger partial charge in [0.1, 0.15) is 4.90 Å². The molecule has 1 aliphatic rings. The number of carbonyl (C=O) groups is 1. The third kappa shape index (κ3) is 4.60. The van der Waals surface area contributed by atoms with Crippen molar-refractivity contribution in [3.63, 3.8) is 0 Å². The van der Waals surface area contributed by atoms with E-state index in [4.69, 9.17) is 33.1 Å². The van der Waals surface area contributed by atoms with Gasteiger partial charge in [-0.15, -0.1) is 0 Å². The fourth-order valence-electron chi connectivity index (χ4n) is 3.13. The maximum Gasteiger partial charge on any atom is 0.425 e. The predicted octanol–water partition coefficient (Wildman–Crippen LogP) is 3.94. The summed E-state index contributed by atoms with van der Waals surface area (Å²) in [7, 11) is -4.19. The highest BCUT2D eigenvalue weighted by Crippen LogP contribution is 2.31. The fraction of sp³-hybridized carbons (Fsp3) is 0.316. The van der Waals surface area contributed by atoms with Crippen LogP contribution in [0.4, 0.5) is 4.79 Å². The van der Waals surface area contributed by atoms with Gasteiger partial charge in [0.25, 0.3) is 0 Å². The Kier molecular flexibility index (Phi) is 6.19. The number of rotatable bonds is 3. The number of carbonyl (C=O) groups excluding carboxylic acids is 1. The van der Waals surface area contributed by atoms with Crippen molar-refractivity contribution < 1.29 is 17.4 Å². The molecule has 6 nitrogen and oxygen atoms in total. The maximum atomic E-state index is 12.5. The number of benzene rings is 2. The molecule has 0 unspecified atom stereocenters. The Morgan fingerprint density at radius 1 is 1.14 bits per heavy atom. The Balaban J connectivity index is 1.75. The van der Waals surface area contributed by atoms with Crippen molar-refractivity contribution in [3.05, 3.63) is 63.6 Å². The minimum Gasteiger partial charge on any atom is -0.327 e. The van der Waals surface area contributed by atoms with Crippen molar-refractivity contribution in [1.82, 2.24) is 4.90 Å². The molecular formula is C19H20Cl2N2O4S. The van der Waals surface area contributed by atoms with Crippen LogP contribution in [0.3, 0.4) is 0 Å². The first-order chi connectivity index (χ1) is 13.2. The van der Waals surface area contributed by atoms with Gasteiger partial charge in [0.15, 0.2) is 0 Å². The molecule has 28 heavy (non-hydrogen) atoms. The van der Waals surface area contributed by atoms with Gasteiger partial charge in [0, 0.05) is 25.0 Å².